The normalized spacial score (nSPS) is 19.2. The summed E-state index contributed by atoms with van der Waals surface area (Å²) in [5, 5.41) is 13.4. The molecule has 1 atom stereocenters. The Kier molecular flexibility index (Phi) is 5.87. The summed E-state index contributed by atoms with van der Waals surface area (Å²) in [7, 11) is 0. The van der Waals surface area contributed by atoms with Crippen molar-refractivity contribution in [1.29, 1.82) is 5.26 Å². The highest BCUT2D eigenvalue weighted by Gasteiger charge is 2.61. The lowest BCUT2D eigenvalue weighted by atomic mass is 9.84. The number of carbonyl (C=O) groups excluding carboxylic acids is 1. The number of thiophene rings is 1. The minimum Gasteiger partial charge on any atom is -0.454 e. The van der Waals surface area contributed by atoms with Crippen molar-refractivity contribution >= 4 is 28.9 Å². The largest absolute Gasteiger partial charge is 0.454 e. The number of hydrogen-bond acceptors (Lipinski definition) is 5. The number of nitrogens with zero attached hydrogens (tertiary/aromatic N) is 1. The number of halogens is 3. The van der Waals surface area contributed by atoms with E-state index in [0.29, 0.717) is 11.0 Å². The Bertz CT molecular complexity index is 1060. The second-order valence-electron chi connectivity index (χ2n) is 7.70. The van der Waals surface area contributed by atoms with Gasteiger partial charge in [-0.1, -0.05) is 36.4 Å². The van der Waals surface area contributed by atoms with Gasteiger partial charge in [-0.15, -0.1) is 11.3 Å². The zero-order chi connectivity index (χ0) is 22.9. The predicted molar refractivity (Wildman–Crippen MR) is 111 cm³/mol. The number of nitriles is 1. The van der Waals surface area contributed by atoms with Crippen LogP contribution in [0.5, 0.6) is 0 Å². The molecule has 0 saturated carbocycles. The number of alkyl halides is 3. The zero-order valence-electron chi connectivity index (χ0n) is 16.9. The zero-order valence-corrected chi connectivity index (χ0v) is 17.7. The van der Waals surface area contributed by atoms with E-state index in [1.165, 1.54) is 44.2 Å². The summed E-state index contributed by atoms with van der Waals surface area (Å²) in [4.78, 5) is 12.9. The van der Waals surface area contributed by atoms with Gasteiger partial charge in [-0.05, 0) is 38.3 Å². The summed E-state index contributed by atoms with van der Waals surface area (Å²) in [5.74, 6) is -0.413. The molecule has 1 unspecified atom stereocenters. The maximum atomic E-state index is 14.6. The van der Waals surface area contributed by atoms with Crippen molar-refractivity contribution in [2.75, 3.05) is 0 Å². The molecule has 162 valence electrons. The summed E-state index contributed by atoms with van der Waals surface area (Å²) in [5.41, 5.74) is -4.72. The van der Waals surface area contributed by atoms with Crippen molar-refractivity contribution in [3.05, 3.63) is 69.9 Å². The summed E-state index contributed by atoms with van der Waals surface area (Å²) < 4.78 is 54.6. The van der Waals surface area contributed by atoms with Gasteiger partial charge < -0.3 is 9.47 Å². The molecule has 1 aliphatic heterocycles. The molecule has 5 nitrogen and oxygen atoms in total. The standard InChI is InChI=1S/C22H19F3N2O3S/c1-20(2,3)30-19(28)27-21(22(23,24)25)12-16(17-10-7-11-31-17)29-18(15(21)13-26)14-8-5-4-6-9-14/h4-12H,1-3H3,(H,27,28). The highest BCUT2D eigenvalue weighted by molar-refractivity contribution is 7.11. The molecule has 0 saturated heterocycles. The summed E-state index contributed by atoms with van der Waals surface area (Å²) in [6.45, 7) is 4.58. The van der Waals surface area contributed by atoms with E-state index >= 15 is 0 Å². The van der Waals surface area contributed by atoms with Crippen molar-refractivity contribution in [3.63, 3.8) is 0 Å². The van der Waals surface area contributed by atoms with Gasteiger partial charge in [-0.3, -0.25) is 5.32 Å². The Balaban J connectivity index is 2.26. The van der Waals surface area contributed by atoms with Crippen LogP contribution in [0.25, 0.3) is 11.5 Å². The van der Waals surface area contributed by atoms with Crippen LogP contribution < -0.4 is 5.32 Å². The number of hydrogen-bond donors (Lipinski definition) is 1. The molecule has 0 bridgehead atoms. The van der Waals surface area contributed by atoms with Crippen LogP contribution >= 0.6 is 11.3 Å². The minimum atomic E-state index is -5.07. The first-order valence-corrected chi connectivity index (χ1v) is 10.1. The average Bonchev–Trinajstić information content (AvgIpc) is 3.20. The molecule has 0 radical (unpaired) electrons. The van der Waals surface area contributed by atoms with E-state index in [9.17, 15) is 23.2 Å². The van der Waals surface area contributed by atoms with Crippen LogP contribution in [0.1, 0.15) is 31.2 Å². The molecule has 2 heterocycles. The lowest BCUT2D eigenvalue weighted by molar-refractivity contribution is -0.169. The summed E-state index contributed by atoms with van der Waals surface area (Å²) >= 11 is 1.17. The van der Waals surface area contributed by atoms with E-state index in [0.717, 1.165) is 0 Å². The van der Waals surface area contributed by atoms with Gasteiger partial charge in [0, 0.05) is 5.56 Å². The van der Waals surface area contributed by atoms with Gasteiger partial charge in [-0.2, -0.15) is 18.4 Å². The van der Waals surface area contributed by atoms with E-state index in [4.69, 9.17) is 9.47 Å². The third-order valence-electron chi connectivity index (χ3n) is 4.24. The SMILES string of the molecule is CC(C)(C)OC(=O)NC1(C(F)(F)F)C=C(c2cccs2)OC(c2ccccc2)=C1C#N. The van der Waals surface area contributed by atoms with Gasteiger partial charge in [0.25, 0.3) is 0 Å². The Morgan fingerprint density at radius 2 is 1.84 bits per heavy atom. The van der Waals surface area contributed by atoms with Gasteiger partial charge in [0.2, 0.25) is 5.54 Å². The molecule has 1 amide bonds. The smallest absolute Gasteiger partial charge is 0.420 e. The first-order chi connectivity index (χ1) is 14.5. The molecule has 1 aromatic carbocycles. The predicted octanol–water partition coefficient (Wildman–Crippen LogP) is 5.88. The monoisotopic (exact) mass is 448 g/mol. The highest BCUT2D eigenvalue weighted by Crippen LogP contribution is 2.47. The molecule has 9 heteroatoms. The van der Waals surface area contributed by atoms with Crippen LogP contribution in [0.15, 0.2) is 59.5 Å². The first kappa shape index (κ1) is 22.4. The Morgan fingerprint density at radius 3 is 2.35 bits per heavy atom. The number of nitrogens with one attached hydrogen (secondary N) is 1. The van der Waals surface area contributed by atoms with Gasteiger partial charge in [0.05, 0.1) is 4.88 Å². The lowest BCUT2D eigenvalue weighted by Crippen LogP contribution is -2.60. The molecular formula is C22H19F3N2O3S. The second-order valence-corrected chi connectivity index (χ2v) is 8.65. The quantitative estimate of drug-likeness (QED) is 0.637. The lowest BCUT2D eigenvalue weighted by Gasteiger charge is -2.38. The van der Waals surface area contributed by atoms with Crippen molar-refractivity contribution in [2.45, 2.75) is 38.1 Å². The molecule has 3 rings (SSSR count). The van der Waals surface area contributed by atoms with E-state index in [1.54, 1.807) is 41.8 Å². The molecule has 1 aliphatic rings. The van der Waals surface area contributed by atoms with Crippen LogP contribution in [-0.4, -0.2) is 23.4 Å². The van der Waals surface area contributed by atoms with Gasteiger partial charge in [0.15, 0.2) is 5.76 Å². The molecule has 2 aromatic rings. The van der Waals surface area contributed by atoms with Crippen molar-refractivity contribution < 1.29 is 27.4 Å². The average molecular weight is 448 g/mol. The van der Waals surface area contributed by atoms with E-state index in [1.807, 2.05) is 5.32 Å². The Labute approximate surface area is 181 Å². The van der Waals surface area contributed by atoms with Gasteiger partial charge in [-0.25, -0.2) is 4.79 Å². The van der Waals surface area contributed by atoms with E-state index < -0.39 is 29.0 Å². The number of rotatable bonds is 3. The molecule has 0 aliphatic carbocycles. The maximum absolute atomic E-state index is 14.6. The fourth-order valence-corrected chi connectivity index (χ4v) is 3.65. The van der Waals surface area contributed by atoms with Crippen LogP contribution in [0, 0.1) is 11.3 Å². The third-order valence-corrected chi connectivity index (χ3v) is 5.12. The number of benzene rings is 1. The molecule has 0 spiro atoms. The molecule has 0 fully saturated rings. The Morgan fingerprint density at radius 1 is 1.16 bits per heavy atom. The van der Waals surface area contributed by atoms with Crippen molar-refractivity contribution in [3.8, 4) is 6.07 Å². The molecule has 1 aromatic heterocycles. The molecule has 31 heavy (non-hydrogen) atoms. The fourth-order valence-electron chi connectivity index (χ4n) is 2.97. The van der Waals surface area contributed by atoms with E-state index in [2.05, 4.69) is 0 Å². The number of amides is 1. The number of ether oxygens (including phenoxy) is 2. The summed E-state index contributed by atoms with van der Waals surface area (Å²) in [6.07, 6.45) is -5.66. The minimum absolute atomic E-state index is 0.124. The van der Waals surface area contributed by atoms with Crippen molar-refractivity contribution in [1.82, 2.24) is 5.32 Å². The van der Waals surface area contributed by atoms with Gasteiger partial charge >= 0.3 is 12.3 Å². The van der Waals surface area contributed by atoms with Crippen LogP contribution in [0.2, 0.25) is 0 Å². The fraction of sp³-hybridized carbons (Fsp3) is 0.273. The number of alkyl carbamates (subject to hydrolysis) is 1. The third kappa shape index (κ3) is 4.59. The second kappa shape index (κ2) is 8.12. The topological polar surface area (TPSA) is 71.3 Å². The van der Waals surface area contributed by atoms with Gasteiger partial charge in [0.1, 0.15) is 23.0 Å². The maximum Gasteiger partial charge on any atom is 0.420 e. The van der Waals surface area contributed by atoms with Crippen LogP contribution in [0.3, 0.4) is 0 Å². The molecule has 1 N–H and O–H groups in total. The Hall–Kier alpha value is -3.25. The first-order valence-electron chi connectivity index (χ1n) is 9.19. The van der Waals surface area contributed by atoms with Crippen LogP contribution in [-0.2, 0) is 9.47 Å². The van der Waals surface area contributed by atoms with Crippen molar-refractivity contribution in [2.24, 2.45) is 0 Å². The number of carbonyl (C=O) groups is 1. The summed E-state index contributed by atoms with van der Waals surface area (Å²) in [6, 6.07) is 12.8. The molecular weight excluding hydrogens is 429 g/mol. The van der Waals surface area contributed by atoms with E-state index in [-0.39, 0.29) is 17.1 Å². The van der Waals surface area contributed by atoms with Crippen LogP contribution in [0.4, 0.5) is 18.0 Å². The highest BCUT2D eigenvalue weighted by atomic mass is 32.1.